The second-order valence-corrected chi connectivity index (χ2v) is 6.75. The molecule has 0 aliphatic rings. The Balaban J connectivity index is 4.11. The Morgan fingerprint density at radius 3 is 1.78 bits per heavy atom. The van der Waals surface area contributed by atoms with Gasteiger partial charge < -0.3 is 5.11 Å². The quantitative estimate of drug-likeness (QED) is 0.448. The maximum Gasteiger partial charge on any atom is 0.294 e. The van der Waals surface area contributed by atoms with Crippen LogP contribution in [0.4, 0.5) is 0 Å². The summed E-state index contributed by atoms with van der Waals surface area (Å²) in [7, 11) is -4.38. The normalized spacial score (nSPS) is 15.6. The van der Waals surface area contributed by atoms with Crippen molar-refractivity contribution in [2.24, 2.45) is 0 Å². The van der Waals surface area contributed by atoms with Crippen molar-refractivity contribution in [2.75, 3.05) is 0 Å². The van der Waals surface area contributed by atoms with Crippen molar-refractivity contribution < 1.29 is 18.1 Å². The van der Waals surface area contributed by atoms with E-state index in [9.17, 15) is 13.5 Å². The Morgan fingerprint density at radius 1 is 0.833 bits per heavy atom. The summed E-state index contributed by atoms with van der Waals surface area (Å²) in [5, 5.41) is 10.0. The van der Waals surface area contributed by atoms with Crippen LogP contribution in [0, 0.1) is 0 Å². The second-order valence-electron chi connectivity index (χ2n) is 5.04. The molecule has 0 aliphatic heterocycles. The Bertz CT molecular complexity index is 300. The van der Waals surface area contributed by atoms with Gasteiger partial charge in [-0.25, -0.2) is 0 Å². The molecule has 18 heavy (non-hydrogen) atoms. The van der Waals surface area contributed by atoms with Crippen molar-refractivity contribution in [1.29, 1.82) is 0 Å². The minimum Gasteiger partial charge on any atom is -0.372 e. The van der Waals surface area contributed by atoms with Gasteiger partial charge in [0, 0.05) is 0 Å². The Morgan fingerprint density at radius 2 is 1.28 bits per heavy atom. The highest BCUT2D eigenvalue weighted by atomic mass is 32.2. The van der Waals surface area contributed by atoms with Crippen LogP contribution in [0.2, 0.25) is 0 Å². The van der Waals surface area contributed by atoms with Gasteiger partial charge in [-0.15, -0.1) is 0 Å². The number of unbranched alkanes of at least 4 members (excludes halogenated alkanes) is 6. The molecule has 0 saturated carbocycles. The molecule has 0 saturated heterocycles. The number of hydrogen-bond acceptors (Lipinski definition) is 3. The van der Waals surface area contributed by atoms with Crippen LogP contribution >= 0.6 is 0 Å². The summed E-state index contributed by atoms with van der Waals surface area (Å²) in [5.74, 6) is 0. The molecular weight excluding hydrogens is 252 g/mol. The van der Waals surface area contributed by atoms with Crippen LogP contribution in [-0.2, 0) is 10.1 Å². The third kappa shape index (κ3) is 6.71. The Labute approximate surface area is 112 Å². The smallest absolute Gasteiger partial charge is 0.294 e. The van der Waals surface area contributed by atoms with Crippen molar-refractivity contribution in [2.45, 2.75) is 83.0 Å². The molecule has 0 bridgehead atoms. The summed E-state index contributed by atoms with van der Waals surface area (Å²) in [5.41, 5.74) is 0. The van der Waals surface area contributed by atoms with Gasteiger partial charge in [0.2, 0.25) is 0 Å². The second kappa shape index (κ2) is 8.88. The highest BCUT2D eigenvalue weighted by Gasteiger charge is 2.39. The highest BCUT2D eigenvalue weighted by Crippen LogP contribution is 2.27. The predicted molar refractivity (Wildman–Crippen MR) is 74.0 cm³/mol. The molecule has 0 amide bonds. The number of aliphatic hydroxyl groups is 1. The van der Waals surface area contributed by atoms with Crippen molar-refractivity contribution in [3.63, 3.8) is 0 Å². The van der Waals surface area contributed by atoms with Gasteiger partial charge in [-0.1, -0.05) is 52.4 Å². The number of hydrogen-bond donors (Lipinski definition) is 2. The minimum absolute atomic E-state index is 0.122. The van der Waals surface area contributed by atoms with Gasteiger partial charge in [-0.05, 0) is 25.7 Å². The van der Waals surface area contributed by atoms with Gasteiger partial charge in [-0.2, -0.15) is 8.42 Å². The fourth-order valence-electron chi connectivity index (χ4n) is 2.02. The van der Waals surface area contributed by atoms with E-state index in [1.54, 1.807) is 0 Å². The van der Waals surface area contributed by atoms with E-state index in [-0.39, 0.29) is 12.8 Å². The van der Waals surface area contributed by atoms with Crippen LogP contribution in [0.15, 0.2) is 0 Å². The molecule has 0 spiro atoms. The van der Waals surface area contributed by atoms with Crippen LogP contribution in [-0.4, -0.2) is 23.0 Å². The van der Waals surface area contributed by atoms with E-state index in [1.165, 1.54) is 12.8 Å². The summed E-state index contributed by atoms with van der Waals surface area (Å²) >= 11 is 0. The molecule has 1 unspecified atom stereocenters. The van der Waals surface area contributed by atoms with E-state index in [0.29, 0.717) is 12.8 Å². The first kappa shape index (κ1) is 17.9. The molecule has 1 atom stereocenters. The molecule has 0 rings (SSSR count). The zero-order valence-electron chi connectivity index (χ0n) is 11.7. The third-order valence-electron chi connectivity index (χ3n) is 3.32. The summed E-state index contributed by atoms with van der Waals surface area (Å²) in [6, 6.07) is 0. The highest BCUT2D eigenvalue weighted by molar-refractivity contribution is 7.87. The molecule has 0 fully saturated rings. The monoisotopic (exact) mass is 280 g/mol. The van der Waals surface area contributed by atoms with Crippen molar-refractivity contribution in [1.82, 2.24) is 0 Å². The Hall–Kier alpha value is -0.130. The topological polar surface area (TPSA) is 74.6 Å². The zero-order valence-corrected chi connectivity index (χ0v) is 12.5. The summed E-state index contributed by atoms with van der Waals surface area (Å²) in [4.78, 5) is -1.94. The summed E-state index contributed by atoms with van der Waals surface area (Å²) in [6.45, 7) is 4.07. The lowest BCUT2D eigenvalue weighted by Crippen LogP contribution is -2.38. The molecule has 2 N–H and O–H groups in total. The van der Waals surface area contributed by atoms with E-state index in [1.807, 2.05) is 6.92 Å². The molecule has 0 aromatic rings. The first-order chi connectivity index (χ1) is 8.37. The average molecular weight is 280 g/mol. The lowest BCUT2D eigenvalue weighted by molar-refractivity contribution is 0.0890. The Kier molecular flexibility index (Phi) is 8.82. The van der Waals surface area contributed by atoms with E-state index in [0.717, 1.165) is 25.7 Å². The SMILES string of the molecule is CCCCCCCCC(O)(CCCC)S(=O)(=O)O. The standard InChI is InChI=1S/C13H28O4S/c1-3-5-7-8-9-10-12-13(14,11-6-4-2)18(15,16)17/h14H,3-12H2,1-2H3,(H,15,16,17). The lowest BCUT2D eigenvalue weighted by atomic mass is 10.0. The average Bonchev–Trinajstić information content (AvgIpc) is 2.29. The first-order valence-electron chi connectivity index (χ1n) is 7.06. The molecule has 0 heterocycles. The van der Waals surface area contributed by atoms with Gasteiger partial charge in [0.25, 0.3) is 10.1 Å². The lowest BCUT2D eigenvalue weighted by Gasteiger charge is -2.24. The zero-order chi connectivity index (χ0) is 14.1. The molecular formula is C13H28O4S. The van der Waals surface area contributed by atoms with Crippen molar-refractivity contribution >= 4 is 10.1 Å². The summed E-state index contributed by atoms with van der Waals surface area (Å²) in [6.07, 6.45) is 7.78. The molecule has 4 nitrogen and oxygen atoms in total. The molecule has 0 radical (unpaired) electrons. The third-order valence-corrected chi connectivity index (χ3v) is 4.69. The molecule has 0 aromatic heterocycles. The fourth-order valence-corrected chi connectivity index (χ4v) is 2.82. The first-order valence-corrected chi connectivity index (χ1v) is 8.51. The molecule has 5 heteroatoms. The fraction of sp³-hybridized carbons (Fsp3) is 1.00. The largest absolute Gasteiger partial charge is 0.372 e. The molecule has 0 aromatic carbocycles. The van der Waals surface area contributed by atoms with Crippen LogP contribution in [0.3, 0.4) is 0 Å². The van der Waals surface area contributed by atoms with Crippen LogP contribution in [0.25, 0.3) is 0 Å². The van der Waals surface area contributed by atoms with E-state index in [2.05, 4.69) is 6.92 Å². The molecule has 0 aliphatic carbocycles. The van der Waals surface area contributed by atoms with Gasteiger partial charge >= 0.3 is 0 Å². The maximum atomic E-state index is 11.2. The van der Waals surface area contributed by atoms with E-state index in [4.69, 9.17) is 4.55 Å². The van der Waals surface area contributed by atoms with Crippen molar-refractivity contribution in [3.8, 4) is 0 Å². The van der Waals surface area contributed by atoms with E-state index < -0.39 is 15.1 Å². The van der Waals surface area contributed by atoms with Gasteiger partial charge in [0.1, 0.15) is 0 Å². The van der Waals surface area contributed by atoms with Crippen molar-refractivity contribution in [3.05, 3.63) is 0 Å². The van der Waals surface area contributed by atoms with Gasteiger partial charge in [-0.3, -0.25) is 4.55 Å². The van der Waals surface area contributed by atoms with E-state index >= 15 is 0 Å². The van der Waals surface area contributed by atoms with Gasteiger partial charge in [0.15, 0.2) is 4.93 Å². The van der Waals surface area contributed by atoms with Crippen LogP contribution < -0.4 is 0 Å². The minimum atomic E-state index is -4.38. The van der Waals surface area contributed by atoms with Crippen LogP contribution in [0.5, 0.6) is 0 Å². The number of rotatable bonds is 11. The van der Waals surface area contributed by atoms with Crippen LogP contribution in [0.1, 0.15) is 78.1 Å². The van der Waals surface area contributed by atoms with Gasteiger partial charge in [0.05, 0.1) is 0 Å². The predicted octanol–water partition coefficient (Wildman–Crippen LogP) is 3.50. The summed E-state index contributed by atoms with van der Waals surface area (Å²) < 4.78 is 31.6. The maximum absolute atomic E-state index is 11.2. The molecule has 110 valence electrons.